The van der Waals surface area contributed by atoms with Crippen LogP contribution in [0.2, 0.25) is 0 Å². The molecule has 124 valence electrons. The maximum absolute atomic E-state index is 12.3. The van der Waals surface area contributed by atoms with Gasteiger partial charge in [-0.25, -0.2) is 0 Å². The first-order valence-electron chi connectivity index (χ1n) is 7.41. The Morgan fingerprint density at radius 1 is 1.50 bits per heavy atom. The van der Waals surface area contributed by atoms with Crippen molar-refractivity contribution in [2.75, 3.05) is 17.8 Å². The van der Waals surface area contributed by atoms with E-state index >= 15 is 0 Å². The van der Waals surface area contributed by atoms with Crippen molar-refractivity contribution >= 4 is 29.3 Å². The molecule has 0 saturated heterocycles. The summed E-state index contributed by atoms with van der Waals surface area (Å²) in [5, 5.41) is 16.1. The minimum absolute atomic E-state index is 0.0216. The molecule has 1 aromatic carbocycles. The van der Waals surface area contributed by atoms with Crippen LogP contribution in [0.15, 0.2) is 42.2 Å². The monoisotopic (exact) mass is 344 g/mol. The van der Waals surface area contributed by atoms with E-state index in [1.807, 2.05) is 19.1 Å². The summed E-state index contributed by atoms with van der Waals surface area (Å²) in [5.41, 5.74) is 1.15. The molecule has 0 atom stereocenters. The molecule has 0 saturated carbocycles. The summed E-state index contributed by atoms with van der Waals surface area (Å²) in [7, 11) is 0. The highest BCUT2D eigenvalue weighted by molar-refractivity contribution is 6.17. The summed E-state index contributed by atoms with van der Waals surface area (Å²) in [4.78, 5) is 12.3. The number of halogens is 1. The molecule has 1 amide bonds. The summed E-state index contributed by atoms with van der Waals surface area (Å²) < 4.78 is 7.11. The molecule has 2 rings (SSSR count). The quantitative estimate of drug-likeness (QED) is 0.475. The van der Waals surface area contributed by atoms with Gasteiger partial charge in [0.2, 0.25) is 0 Å². The number of aryl methyl sites for hydroxylation is 1. The van der Waals surface area contributed by atoms with Crippen molar-refractivity contribution < 1.29 is 9.53 Å². The lowest BCUT2D eigenvalue weighted by Crippen LogP contribution is -2.14. The van der Waals surface area contributed by atoms with Crippen LogP contribution in [-0.2, 0) is 11.3 Å². The van der Waals surface area contributed by atoms with Gasteiger partial charge in [0.25, 0.3) is 5.91 Å². The van der Waals surface area contributed by atoms with E-state index < -0.39 is 5.91 Å². The van der Waals surface area contributed by atoms with Crippen LogP contribution in [0.25, 0.3) is 6.08 Å². The number of carbonyl (C=O) groups excluding carboxylic acids is 1. The Balaban J connectivity index is 2.17. The number of aromatic nitrogens is 2. The van der Waals surface area contributed by atoms with E-state index in [-0.39, 0.29) is 5.57 Å². The number of carbonyl (C=O) groups is 1. The number of amides is 1. The summed E-state index contributed by atoms with van der Waals surface area (Å²) in [5.74, 6) is 0.486. The average Bonchev–Trinajstić information content (AvgIpc) is 3.02. The molecular weight excluding hydrogens is 328 g/mol. The van der Waals surface area contributed by atoms with Crippen LogP contribution in [0, 0.1) is 11.3 Å². The number of para-hydroxylation sites is 2. The third-order valence-electron chi connectivity index (χ3n) is 3.08. The number of benzene rings is 1. The molecule has 0 aliphatic carbocycles. The molecular formula is C17H17ClN4O2. The van der Waals surface area contributed by atoms with Crippen molar-refractivity contribution in [3.8, 4) is 11.8 Å². The van der Waals surface area contributed by atoms with Crippen molar-refractivity contribution in [1.29, 1.82) is 5.26 Å². The second kappa shape index (κ2) is 8.75. The summed E-state index contributed by atoms with van der Waals surface area (Å²) in [6.45, 7) is 2.90. The lowest BCUT2D eigenvalue weighted by molar-refractivity contribution is -0.112. The van der Waals surface area contributed by atoms with Crippen LogP contribution < -0.4 is 10.1 Å². The van der Waals surface area contributed by atoms with Crippen molar-refractivity contribution in [2.45, 2.75) is 13.5 Å². The van der Waals surface area contributed by atoms with Crippen molar-refractivity contribution in [2.24, 2.45) is 0 Å². The largest absolute Gasteiger partial charge is 0.492 e. The highest BCUT2D eigenvalue weighted by Gasteiger charge is 2.12. The normalized spacial score (nSPS) is 11.0. The van der Waals surface area contributed by atoms with E-state index in [9.17, 15) is 10.1 Å². The number of nitrogens with one attached hydrogen (secondary N) is 1. The van der Waals surface area contributed by atoms with Crippen molar-refractivity contribution in [1.82, 2.24) is 9.78 Å². The Morgan fingerprint density at radius 2 is 2.29 bits per heavy atom. The van der Waals surface area contributed by atoms with E-state index in [1.165, 1.54) is 6.08 Å². The predicted octanol–water partition coefficient (Wildman–Crippen LogP) is 3.07. The Hall–Kier alpha value is -2.78. The second-order valence-corrected chi connectivity index (χ2v) is 5.16. The summed E-state index contributed by atoms with van der Waals surface area (Å²) in [6.07, 6.45) is 4.78. The predicted molar refractivity (Wildman–Crippen MR) is 92.8 cm³/mol. The second-order valence-electron chi connectivity index (χ2n) is 4.78. The first-order chi connectivity index (χ1) is 11.7. The molecule has 1 heterocycles. The van der Waals surface area contributed by atoms with Gasteiger partial charge in [-0.3, -0.25) is 9.48 Å². The summed E-state index contributed by atoms with van der Waals surface area (Å²) >= 11 is 5.65. The Bertz CT molecular complexity index is 777. The van der Waals surface area contributed by atoms with E-state index in [2.05, 4.69) is 10.4 Å². The van der Waals surface area contributed by atoms with Gasteiger partial charge < -0.3 is 10.1 Å². The number of nitrogens with zero attached hydrogens (tertiary/aromatic N) is 3. The summed E-state index contributed by atoms with van der Waals surface area (Å²) in [6, 6.07) is 8.98. The third kappa shape index (κ3) is 4.61. The minimum atomic E-state index is -0.505. The molecule has 0 unspecified atom stereocenters. The molecule has 0 fully saturated rings. The number of hydrogen-bond acceptors (Lipinski definition) is 4. The van der Waals surface area contributed by atoms with Gasteiger partial charge in [-0.1, -0.05) is 12.1 Å². The molecule has 1 N–H and O–H groups in total. The van der Waals surface area contributed by atoms with Crippen LogP contribution in [0.5, 0.6) is 5.75 Å². The van der Waals surface area contributed by atoms with Crippen LogP contribution >= 0.6 is 11.6 Å². The molecule has 0 aliphatic rings. The van der Waals surface area contributed by atoms with E-state index in [4.69, 9.17) is 16.3 Å². The number of anilines is 1. The molecule has 0 bridgehead atoms. The maximum atomic E-state index is 12.3. The molecule has 24 heavy (non-hydrogen) atoms. The van der Waals surface area contributed by atoms with Gasteiger partial charge in [-0.05, 0) is 25.1 Å². The fourth-order valence-corrected chi connectivity index (χ4v) is 2.19. The van der Waals surface area contributed by atoms with Crippen molar-refractivity contribution in [3.63, 3.8) is 0 Å². The zero-order chi connectivity index (χ0) is 17.4. The topological polar surface area (TPSA) is 79.9 Å². The first kappa shape index (κ1) is 17.6. The van der Waals surface area contributed by atoms with Gasteiger partial charge in [-0.15, -0.1) is 11.6 Å². The van der Waals surface area contributed by atoms with Gasteiger partial charge in [0.05, 0.1) is 25.0 Å². The van der Waals surface area contributed by atoms with Crippen LogP contribution in [0.4, 0.5) is 5.69 Å². The zero-order valence-electron chi connectivity index (χ0n) is 13.2. The maximum Gasteiger partial charge on any atom is 0.266 e. The molecule has 1 aromatic heterocycles. The van der Waals surface area contributed by atoms with E-state index in [0.29, 0.717) is 36.0 Å². The lowest BCUT2D eigenvalue weighted by atomic mass is 10.2. The highest BCUT2D eigenvalue weighted by atomic mass is 35.5. The third-order valence-corrected chi connectivity index (χ3v) is 3.25. The molecule has 0 aliphatic heterocycles. The SMILES string of the molecule is CCOc1ccccc1NC(=O)/C(C#N)=C\c1cnn(CCCl)c1. The molecule has 2 aromatic rings. The van der Waals surface area contributed by atoms with Gasteiger partial charge in [0.15, 0.2) is 0 Å². The number of nitriles is 1. The number of rotatable bonds is 7. The van der Waals surface area contributed by atoms with Gasteiger partial charge >= 0.3 is 0 Å². The van der Waals surface area contributed by atoms with E-state index in [0.717, 1.165) is 0 Å². The standard InChI is InChI=1S/C17H17ClN4O2/c1-2-24-16-6-4-3-5-15(16)21-17(23)14(10-19)9-13-11-20-22(12-13)8-7-18/h3-6,9,11-12H,2,7-8H2,1H3,(H,21,23)/b14-9-. The Morgan fingerprint density at radius 3 is 3.00 bits per heavy atom. The first-order valence-corrected chi connectivity index (χ1v) is 7.94. The number of alkyl halides is 1. The average molecular weight is 345 g/mol. The van der Waals surface area contributed by atoms with Crippen molar-refractivity contribution in [3.05, 3.63) is 47.8 Å². The van der Waals surface area contributed by atoms with Crippen LogP contribution in [0.3, 0.4) is 0 Å². The number of hydrogen-bond donors (Lipinski definition) is 1. The molecule has 7 heteroatoms. The zero-order valence-corrected chi connectivity index (χ0v) is 14.0. The molecule has 0 spiro atoms. The Labute approximate surface area is 145 Å². The highest BCUT2D eigenvalue weighted by Crippen LogP contribution is 2.24. The van der Waals surface area contributed by atoms with E-state index in [1.54, 1.807) is 35.3 Å². The minimum Gasteiger partial charge on any atom is -0.492 e. The molecule has 6 nitrogen and oxygen atoms in total. The van der Waals surface area contributed by atoms with Gasteiger partial charge in [0, 0.05) is 17.6 Å². The van der Waals surface area contributed by atoms with Gasteiger partial charge in [0.1, 0.15) is 17.4 Å². The van der Waals surface area contributed by atoms with Crippen LogP contribution in [-0.4, -0.2) is 28.2 Å². The fraction of sp³-hybridized carbons (Fsp3) is 0.235. The van der Waals surface area contributed by atoms with Crippen LogP contribution in [0.1, 0.15) is 12.5 Å². The fourth-order valence-electron chi connectivity index (χ4n) is 2.02. The molecule has 0 radical (unpaired) electrons. The van der Waals surface area contributed by atoms with Gasteiger partial charge in [-0.2, -0.15) is 10.4 Å². The smallest absolute Gasteiger partial charge is 0.266 e. The Kier molecular flexibility index (Phi) is 6.41. The lowest BCUT2D eigenvalue weighted by Gasteiger charge is -2.10. The number of ether oxygens (including phenoxy) is 1.